The van der Waals surface area contributed by atoms with Crippen LogP contribution in [0.15, 0.2) is 42.5 Å². The SMILES string of the molecule is CC(=O)N(CCC(=O)Nc1c(C)cccc1C(C)C)c1ccc(Cl)cc1. The summed E-state index contributed by atoms with van der Waals surface area (Å²) in [7, 11) is 0. The van der Waals surface area contributed by atoms with E-state index in [1.54, 1.807) is 29.2 Å². The Morgan fingerprint density at radius 1 is 1.12 bits per heavy atom. The molecule has 2 aromatic rings. The van der Waals surface area contributed by atoms with E-state index in [1.165, 1.54) is 6.92 Å². The van der Waals surface area contributed by atoms with Gasteiger partial charge in [-0.1, -0.05) is 43.6 Å². The Morgan fingerprint density at radius 3 is 2.35 bits per heavy atom. The summed E-state index contributed by atoms with van der Waals surface area (Å²) in [5, 5.41) is 3.62. The van der Waals surface area contributed by atoms with E-state index in [2.05, 4.69) is 19.2 Å². The molecule has 4 nitrogen and oxygen atoms in total. The van der Waals surface area contributed by atoms with Gasteiger partial charge in [-0.2, -0.15) is 0 Å². The maximum absolute atomic E-state index is 12.5. The number of aryl methyl sites for hydroxylation is 1. The van der Waals surface area contributed by atoms with E-state index in [9.17, 15) is 9.59 Å². The number of para-hydroxylation sites is 1. The molecule has 0 saturated heterocycles. The molecular formula is C21H25ClN2O2. The monoisotopic (exact) mass is 372 g/mol. The zero-order chi connectivity index (χ0) is 19.3. The number of benzene rings is 2. The predicted octanol–water partition coefficient (Wildman–Crippen LogP) is 5.15. The molecule has 0 saturated carbocycles. The number of carbonyl (C=O) groups excluding carboxylic acids is 2. The van der Waals surface area contributed by atoms with Gasteiger partial charge in [0.2, 0.25) is 11.8 Å². The van der Waals surface area contributed by atoms with E-state index in [0.29, 0.717) is 17.5 Å². The molecular weight excluding hydrogens is 348 g/mol. The average molecular weight is 373 g/mol. The van der Waals surface area contributed by atoms with Gasteiger partial charge in [0.15, 0.2) is 0 Å². The minimum absolute atomic E-state index is 0.110. The van der Waals surface area contributed by atoms with E-state index in [0.717, 1.165) is 22.5 Å². The molecule has 0 aliphatic rings. The molecule has 2 rings (SSSR count). The van der Waals surface area contributed by atoms with Crippen LogP contribution in [0.1, 0.15) is 44.2 Å². The summed E-state index contributed by atoms with van der Waals surface area (Å²) < 4.78 is 0. The summed E-state index contributed by atoms with van der Waals surface area (Å²) in [5.41, 5.74) is 3.74. The van der Waals surface area contributed by atoms with E-state index in [1.807, 2.05) is 25.1 Å². The van der Waals surface area contributed by atoms with Crippen molar-refractivity contribution in [2.24, 2.45) is 0 Å². The van der Waals surface area contributed by atoms with Crippen LogP contribution >= 0.6 is 11.6 Å². The molecule has 0 radical (unpaired) electrons. The highest BCUT2D eigenvalue weighted by Crippen LogP contribution is 2.27. The van der Waals surface area contributed by atoms with Crippen LogP contribution in [-0.4, -0.2) is 18.4 Å². The zero-order valence-electron chi connectivity index (χ0n) is 15.7. The van der Waals surface area contributed by atoms with Crippen LogP contribution in [0.4, 0.5) is 11.4 Å². The van der Waals surface area contributed by atoms with E-state index >= 15 is 0 Å². The van der Waals surface area contributed by atoms with Crippen LogP contribution < -0.4 is 10.2 Å². The first-order valence-corrected chi connectivity index (χ1v) is 9.10. The molecule has 138 valence electrons. The fourth-order valence-corrected chi connectivity index (χ4v) is 2.97. The topological polar surface area (TPSA) is 49.4 Å². The maximum Gasteiger partial charge on any atom is 0.226 e. The van der Waals surface area contributed by atoms with Gasteiger partial charge < -0.3 is 10.2 Å². The van der Waals surface area contributed by atoms with Crippen molar-refractivity contribution in [3.63, 3.8) is 0 Å². The zero-order valence-corrected chi connectivity index (χ0v) is 16.4. The van der Waals surface area contributed by atoms with Gasteiger partial charge in [0.1, 0.15) is 0 Å². The molecule has 0 fully saturated rings. The maximum atomic E-state index is 12.5. The molecule has 0 heterocycles. The molecule has 0 atom stereocenters. The lowest BCUT2D eigenvalue weighted by Crippen LogP contribution is -2.32. The Hall–Kier alpha value is -2.33. The van der Waals surface area contributed by atoms with Crippen LogP contribution in [0.25, 0.3) is 0 Å². The van der Waals surface area contributed by atoms with Crippen molar-refractivity contribution < 1.29 is 9.59 Å². The lowest BCUT2D eigenvalue weighted by Gasteiger charge is -2.22. The molecule has 2 amide bonds. The fourth-order valence-electron chi connectivity index (χ4n) is 2.85. The van der Waals surface area contributed by atoms with Gasteiger partial charge in [-0.25, -0.2) is 0 Å². The van der Waals surface area contributed by atoms with Crippen LogP contribution in [0.2, 0.25) is 5.02 Å². The molecule has 0 unspecified atom stereocenters. The summed E-state index contributed by atoms with van der Waals surface area (Å²) in [4.78, 5) is 26.0. The van der Waals surface area contributed by atoms with Crippen LogP contribution in [0, 0.1) is 6.92 Å². The Kier molecular flexibility index (Phi) is 6.81. The number of hydrogen-bond donors (Lipinski definition) is 1. The Labute approximate surface area is 160 Å². The van der Waals surface area contributed by atoms with Crippen molar-refractivity contribution >= 4 is 34.8 Å². The summed E-state index contributed by atoms with van der Waals surface area (Å²) in [5.74, 6) is 0.0910. The van der Waals surface area contributed by atoms with E-state index in [4.69, 9.17) is 11.6 Å². The van der Waals surface area contributed by atoms with Crippen LogP contribution in [-0.2, 0) is 9.59 Å². The third-order valence-corrected chi connectivity index (χ3v) is 4.52. The van der Waals surface area contributed by atoms with Gasteiger partial charge in [0, 0.05) is 36.3 Å². The molecule has 26 heavy (non-hydrogen) atoms. The summed E-state index contributed by atoms with van der Waals surface area (Å²) in [6.07, 6.45) is 0.216. The second-order valence-corrected chi connectivity index (χ2v) is 7.08. The standard InChI is InChI=1S/C21H25ClN2O2/c1-14(2)19-7-5-6-15(3)21(19)23-20(26)12-13-24(16(4)25)18-10-8-17(22)9-11-18/h5-11,14H,12-13H2,1-4H3,(H,23,26). The van der Waals surface area contributed by atoms with Crippen molar-refractivity contribution in [1.82, 2.24) is 0 Å². The molecule has 1 N–H and O–H groups in total. The average Bonchev–Trinajstić information content (AvgIpc) is 2.58. The van der Waals surface area contributed by atoms with Crippen molar-refractivity contribution in [3.05, 3.63) is 58.6 Å². The number of amides is 2. The molecule has 0 spiro atoms. The molecule has 0 aromatic heterocycles. The highest BCUT2D eigenvalue weighted by molar-refractivity contribution is 6.30. The lowest BCUT2D eigenvalue weighted by atomic mass is 9.98. The normalized spacial score (nSPS) is 10.7. The van der Waals surface area contributed by atoms with E-state index < -0.39 is 0 Å². The summed E-state index contributed by atoms with van der Waals surface area (Å²) in [6.45, 7) is 7.98. The van der Waals surface area contributed by atoms with Gasteiger partial charge in [-0.3, -0.25) is 9.59 Å². The predicted molar refractivity (Wildman–Crippen MR) is 108 cm³/mol. The first-order valence-electron chi connectivity index (χ1n) is 8.72. The van der Waals surface area contributed by atoms with Gasteiger partial charge in [-0.15, -0.1) is 0 Å². The summed E-state index contributed by atoms with van der Waals surface area (Å²) >= 11 is 5.90. The lowest BCUT2D eigenvalue weighted by molar-refractivity contribution is -0.117. The van der Waals surface area contributed by atoms with Gasteiger partial charge >= 0.3 is 0 Å². The van der Waals surface area contributed by atoms with Gasteiger partial charge in [0.25, 0.3) is 0 Å². The second kappa shape index (κ2) is 8.86. The summed E-state index contributed by atoms with van der Waals surface area (Å²) in [6, 6.07) is 13.0. The number of rotatable bonds is 6. The minimum atomic E-state index is -0.112. The van der Waals surface area contributed by atoms with Crippen molar-refractivity contribution in [1.29, 1.82) is 0 Å². The highest BCUT2D eigenvalue weighted by atomic mass is 35.5. The fraction of sp³-hybridized carbons (Fsp3) is 0.333. The van der Waals surface area contributed by atoms with Crippen LogP contribution in [0.5, 0.6) is 0 Å². The number of nitrogens with zero attached hydrogens (tertiary/aromatic N) is 1. The quantitative estimate of drug-likeness (QED) is 0.761. The third-order valence-electron chi connectivity index (χ3n) is 4.27. The molecule has 0 aliphatic carbocycles. The largest absolute Gasteiger partial charge is 0.326 e. The van der Waals surface area contributed by atoms with Crippen LogP contribution in [0.3, 0.4) is 0 Å². The number of anilines is 2. The first-order chi connectivity index (χ1) is 12.3. The third kappa shape index (κ3) is 5.09. The smallest absolute Gasteiger partial charge is 0.226 e. The van der Waals surface area contributed by atoms with Crippen molar-refractivity contribution in [2.75, 3.05) is 16.8 Å². The van der Waals surface area contributed by atoms with Crippen molar-refractivity contribution in [2.45, 2.75) is 40.0 Å². The number of nitrogens with one attached hydrogen (secondary N) is 1. The van der Waals surface area contributed by atoms with E-state index in [-0.39, 0.29) is 18.2 Å². The highest BCUT2D eigenvalue weighted by Gasteiger charge is 2.16. The molecule has 2 aromatic carbocycles. The van der Waals surface area contributed by atoms with Gasteiger partial charge in [-0.05, 0) is 48.2 Å². The Balaban J connectivity index is 2.08. The molecule has 0 aliphatic heterocycles. The number of carbonyl (C=O) groups is 2. The molecule has 0 bridgehead atoms. The Morgan fingerprint density at radius 2 is 1.77 bits per heavy atom. The molecule has 5 heteroatoms. The first kappa shape index (κ1) is 20.0. The second-order valence-electron chi connectivity index (χ2n) is 6.64. The Bertz CT molecular complexity index is 785. The minimum Gasteiger partial charge on any atom is -0.326 e. The van der Waals surface area contributed by atoms with Crippen molar-refractivity contribution in [3.8, 4) is 0 Å². The number of halogens is 1. The van der Waals surface area contributed by atoms with Gasteiger partial charge in [0.05, 0.1) is 0 Å². The number of hydrogen-bond acceptors (Lipinski definition) is 2.